The summed E-state index contributed by atoms with van der Waals surface area (Å²) in [7, 11) is 0. The molecule has 0 bridgehead atoms. The number of likely N-dealkylation sites (tertiary alicyclic amines) is 1. The van der Waals surface area contributed by atoms with Crippen molar-refractivity contribution >= 4 is 34.8 Å². The van der Waals surface area contributed by atoms with Crippen molar-refractivity contribution in [2.75, 3.05) is 45.0 Å². The Morgan fingerprint density at radius 3 is 2.48 bits per heavy atom. The van der Waals surface area contributed by atoms with E-state index >= 15 is 0 Å². The van der Waals surface area contributed by atoms with Crippen LogP contribution < -0.4 is 5.73 Å². The Morgan fingerprint density at radius 2 is 1.91 bits per heavy atom. The molecule has 0 radical (unpaired) electrons. The summed E-state index contributed by atoms with van der Waals surface area (Å²) in [5.41, 5.74) is 5.68. The van der Waals surface area contributed by atoms with E-state index in [-0.39, 0.29) is 18.4 Å². The third kappa shape index (κ3) is 4.56. The van der Waals surface area contributed by atoms with E-state index in [9.17, 15) is 4.79 Å². The Balaban J connectivity index is 0.00000192. The molecule has 3 rings (SSSR count). The van der Waals surface area contributed by atoms with Crippen molar-refractivity contribution in [3.8, 4) is 0 Å². The number of carbonyl (C=O) groups is 1. The highest BCUT2D eigenvalue weighted by Crippen LogP contribution is 2.18. The van der Waals surface area contributed by atoms with Gasteiger partial charge < -0.3 is 10.6 Å². The smallest absolute Gasteiger partial charge is 0.239 e. The molecular formula is C15H26ClN5OS. The van der Waals surface area contributed by atoms with E-state index in [1.807, 2.05) is 11.1 Å². The topological polar surface area (TPSA) is 65.7 Å². The van der Waals surface area contributed by atoms with Crippen molar-refractivity contribution in [1.29, 1.82) is 0 Å². The number of piperazine rings is 1. The third-order valence-electron chi connectivity index (χ3n) is 4.68. The zero-order valence-corrected chi connectivity index (χ0v) is 15.2. The number of aromatic nitrogens is 1. The van der Waals surface area contributed by atoms with E-state index in [0.717, 1.165) is 58.7 Å². The van der Waals surface area contributed by atoms with Gasteiger partial charge in [0.1, 0.15) is 0 Å². The third-order valence-corrected chi connectivity index (χ3v) is 5.49. The number of thiazole rings is 1. The summed E-state index contributed by atoms with van der Waals surface area (Å²) in [6.07, 6.45) is 4.18. The molecule has 23 heavy (non-hydrogen) atoms. The molecule has 0 aliphatic carbocycles. The Morgan fingerprint density at radius 1 is 1.26 bits per heavy atom. The number of nitrogen functional groups attached to an aromatic ring is 1. The summed E-state index contributed by atoms with van der Waals surface area (Å²) in [6.45, 7) is 8.75. The molecule has 2 aliphatic rings. The molecule has 3 heterocycles. The summed E-state index contributed by atoms with van der Waals surface area (Å²) in [5, 5.41) is 0.637. The molecule has 1 aromatic heterocycles. The fourth-order valence-corrected chi connectivity index (χ4v) is 4.01. The number of nitrogens with zero attached hydrogens (tertiary/aromatic N) is 4. The van der Waals surface area contributed by atoms with E-state index < -0.39 is 0 Å². The van der Waals surface area contributed by atoms with Crippen LogP contribution in [0.25, 0.3) is 0 Å². The molecule has 2 fully saturated rings. The highest BCUT2D eigenvalue weighted by atomic mass is 35.5. The van der Waals surface area contributed by atoms with Crippen molar-refractivity contribution in [3.05, 3.63) is 11.1 Å². The lowest BCUT2D eigenvalue weighted by molar-refractivity contribution is -0.136. The second-order valence-electron chi connectivity index (χ2n) is 6.19. The maximum Gasteiger partial charge on any atom is 0.239 e. The van der Waals surface area contributed by atoms with Crippen molar-refractivity contribution in [2.24, 2.45) is 0 Å². The summed E-state index contributed by atoms with van der Waals surface area (Å²) in [4.78, 5) is 24.5. The SMILES string of the molecule is CC(C(=O)N1CCCC1)N1CCN(Cc2cnc(N)s2)CC1.Cl. The molecule has 2 N–H and O–H groups in total. The van der Waals surface area contributed by atoms with Crippen molar-refractivity contribution in [2.45, 2.75) is 32.4 Å². The minimum absolute atomic E-state index is 0. The Hall–Kier alpha value is -0.890. The van der Waals surface area contributed by atoms with E-state index in [2.05, 4.69) is 21.7 Å². The highest BCUT2D eigenvalue weighted by molar-refractivity contribution is 7.15. The number of nitrogens with two attached hydrogens (primary N) is 1. The number of anilines is 1. The van der Waals surface area contributed by atoms with E-state index in [1.54, 1.807) is 11.3 Å². The number of carbonyl (C=O) groups excluding carboxylic acids is 1. The fourth-order valence-electron chi connectivity index (χ4n) is 3.28. The van der Waals surface area contributed by atoms with Crippen molar-refractivity contribution in [3.63, 3.8) is 0 Å². The molecule has 6 nitrogen and oxygen atoms in total. The number of rotatable bonds is 4. The number of hydrogen-bond acceptors (Lipinski definition) is 6. The number of hydrogen-bond donors (Lipinski definition) is 1. The predicted octanol–water partition coefficient (Wildman–Crippen LogP) is 1.28. The predicted molar refractivity (Wildman–Crippen MR) is 95.9 cm³/mol. The van der Waals surface area contributed by atoms with Gasteiger partial charge in [0.2, 0.25) is 5.91 Å². The number of halogens is 1. The van der Waals surface area contributed by atoms with E-state index in [1.165, 1.54) is 4.88 Å². The van der Waals surface area contributed by atoms with E-state index in [0.29, 0.717) is 11.0 Å². The molecule has 0 spiro atoms. The van der Waals surface area contributed by atoms with Crippen LogP contribution in [-0.2, 0) is 11.3 Å². The van der Waals surface area contributed by atoms with Crippen LogP contribution in [0.5, 0.6) is 0 Å². The van der Waals surface area contributed by atoms with Crippen LogP contribution in [0.2, 0.25) is 0 Å². The van der Waals surface area contributed by atoms with Crippen LogP contribution >= 0.6 is 23.7 Å². The summed E-state index contributed by atoms with van der Waals surface area (Å²) >= 11 is 1.56. The average Bonchev–Trinajstić information content (AvgIpc) is 3.18. The van der Waals surface area contributed by atoms with Crippen LogP contribution in [0, 0.1) is 0 Å². The minimum atomic E-state index is 0. The van der Waals surface area contributed by atoms with Crippen molar-refractivity contribution < 1.29 is 4.79 Å². The zero-order valence-electron chi connectivity index (χ0n) is 13.6. The summed E-state index contributed by atoms with van der Waals surface area (Å²) in [6, 6.07) is 0.0132. The largest absolute Gasteiger partial charge is 0.375 e. The Labute approximate surface area is 148 Å². The van der Waals surface area contributed by atoms with Gasteiger partial charge in [-0.05, 0) is 19.8 Å². The van der Waals surface area contributed by atoms with Gasteiger partial charge in [-0.2, -0.15) is 0 Å². The molecule has 1 atom stereocenters. The van der Waals surface area contributed by atoms with Gasteiger partial charge in [0.25, 0.3) is 0 Å². The van der Waals surface area contributed by atoms with E-state index in [4.69, 9.17) is 5.73 Å². The molecule has 0 saturated carbocycles. The highest BCUT2D eigenvalue weighted by Gasteiger charge is 2.29. The Kier molecular flexibility index (Phi) is 6.64. The van der Waals surface area contributed by atoms with Gasteiger partial charge in [-0.3, -0.25) is 14.6 Å². The Bertz CT molecular complexity index is 512. The number of amides is 1. The maximum absolute atomic E-state index is 12.5. The second-order valence-corrected chi connectivity index (χ2v) is 7.33. The fraction of sp³-hybridized carbons (Fsp3) is 0.733. The van der Waals surface area contributed by atoms with Crippen LogP contribution in [0.4, 0.5) is 5.13 Å². The van der Waals surface area contributed by atoms with Gasteiger partial charge in [0.15, 0.2) is 5.13 Å². The first-order valence-corrected chi connectivity index (χ1v) is 8.90. The molecule has 1 amide bonds. The molecule has 2 aliphatic heterocycles. The van der Waals surface area contributed by atoms with Gasteiger partial charge in [-0.1, -0.05) is 0 Å². The monoisotopic (exact) mass is 359 g/mol. The van der Waals surface area contributed by atoms with Gasteiger partial charge in [0.05, 0.1) is 6.04 Å². The van der Waals surface area contributed by atoms with Crippen LogP contribution in [0.3, 0.4) is 0 Å². The van der Waals surface area contributed by atoms with Crippen LogP contribution in [0.1, 0.15) is 24.6 Å². The standard InChI is InChI=1S/C15H25N5OS.ClH/c1-12(14(21)20-4-2-3-5-20)19-8-6-18(7-9-19)11-13-10-17-15(16)22-13;/h10,12H,2-9,11H2,1H3,(H2,16,17);1H. The molecule has 130 valence electrons. The molecule has 1 aromatic rings. The molecule has 1 unspecified atom stereocenters. The second kappa shape index (κ2) is 8.28. The molecular weight excluding hydrogens is 334 g/mol. The molecule has 8 heteroatoms. The normalized spacial score (nSPS) is 21.2. The van der Waals surface area contributed by atoms with Gasteiger partial charge in [-0.25, -0.2) is 4.98 Å². The lowest BCUT2D eigenvalue weighted by Crippen LogP contribution is -2.53. The lowest BCUT2D eigenvalue weighted by Gasteiger charge is -2.38. The van der Waals surface area contributed by atoms with Gasteiger partial charge in [0, 0.05) is 56.9 Å². The zero-order chi connectivity index (χ0) is 15.5. The van der Waals surface area contributed by atoms with Crippen molar-refractivity contribution in [1.82, 2.24) is 19.7 Å². The molecule has 2 saturated heterocycles. The van der Waals surface area contributed by atoms with Crippen LogP contribution in [0.15, 0.2) is 6.20 Å². The van der Waals surface area contributed by atoms with Gasteiger partial charge >= 0.3 is 0 Å². The van der Waals surface area contributed by atoms with Gasteiger partial charge in [-0.15, -0.1) is 23.7 Å². The first-order valence-electron chi connectivity index (χ1n) is 8.09. The first kappa shape index (κ1) is 18.4. The first-order chi connectivity index (χ1) is 10.6. The maximum atomic E-state index is 12.5. The quantitative estimate of drug-likeness (QED) is 0.877. The lowest BCUT2D eigenvalue weighted by atomic mass is 10.2. The average molecular weight is 360 g/mol. The minimum Gasteiger partial charge on any atom is -0.375 e. The summed E-state index contributed by atoms with van der Waals surface area (Å²) < 4.78 is 0. The van der Waals surface area contributed by atoms with Crippen LogP contribution in [-0.4, -0.2) is 70.9 Å². The molecule has 0 aromatic carbocycles. The summed E-state index contributed by atoms with van der Waals surface area (Å²) in [5.74, 6) is 0.307.